The van der Waals surface area contributed by atoms with Crippen molar-refractivity contribution in [3.63, 3.8) is 0 Å². The summed E-state index contributed by atoms with van der Waals surface area (Å²) >= 11 is 1.58. The molecule has 0 bridgehead atoms. The first-order valence-electron chi connectivity index (χ1n) is 10.3. The van der Waals surface area contributed by atoms with Crippen LogP contribution in [0.3, 0.4) is 0 Å². The van der Waals surface area contributed by atoms with Gasteiger partial charge in [-0.3, -0.25) is 9.88 Å². The van der Waals surface area contributed by atoms with E-state index in [4.69, 9.17) is 4.98 Å². The normalized spacial score (nSPS) is 15.4. The molecule has 0 aliphatic carbocycles. The summed E-state index contributed by atoms with van der Waals surface area (Å²) in [6.07, 6.45) is 2.97. The highest BCUT2D eigenvalue weighted by atomic mass is 32.1. The van der Waals surface area contributed by atoms with Gasteiger partial charge in [0.05, 0.1) is 16.9 Å². The predicted octanol–water partition coefficient (Wildman–Crippen LogP) is 5.21. The van der Waals surface area contributed by atoms with Gasteiger partial charge in [0.15, 0.2) is 0 Å². The van der Waals surface area contributed by atoms with Gasteiger partial charge in [-0.25, -0.2) is 9.37 Å². The molecule has 1 saturated heterocycles. The van der Waals surface area contributed by atoms with Gasteiger partial charge in [-0.1, -0.05) is 30.3 Å². The Morgan fingerprint density at radius 1 is 0.967 bits per heavy atom. The first kappa shape index (κ1) is 19.2. The number of rotatable bonds is 4. The number of pyridine rings is 1. The molecular formula is C24H23FN4S. The molecule has 0 unspecified atom stereocenters. The molecule has 6 heteroatoms. The van der Waals surface area contributed by atoms with Crippen molar-refractivity contribution in [1.82, 2.24) is 14.9 Å². The lowest BCUT2D eigenvalue weighted by Gasteiger charge is -2.24. The lowest BCUT2D eigenvalue weighted by Crippen LogP contribution is -2.30. The Morgan fingerprint density at radius 3 is 2.80 bits per heavy atom. The van der Waals surface area contributed by atoms with Crippen molar-refractivity contribution in [2.45, 2.75) is 13.0 Å². The summed E-state index contributed by atoms with van der Waals surface area (Å²) in [5.74, 6) is -0.222. The fourth-order valence-corrected chi connectivity index (χ4v) is 4.88. The lowest BCUT2D eigenvalue weighted by atomic mass is 10.1. The summed E-state index contributed by atoms with van der Waals surface area (Å²) in [6.45, 7) is 4.85. The lowest BCUT2D eigenvalue weighted by molar-refractivity contribution is 0.282. The van der Waals surface area contributed by atoms with E-state index in [2.05, 4.69) is 44.4 Å². The highest BCUT2D eigenvalue weighted by Crippen LogP contribution is 2.27. The Balaban J connectivity index is 1.27. The largest absolute Gasteiger partial charge is 0.368 e. The molecule has 0 spiro atoms. The summed E-state index contributed by atoms with van der Waals surface area (Å²) in [7, 11) is 0. The van der Waals surface area contributed by atoms with E-state index in [0.29, 0.717) is 0 Å². The van der Waals surface area contributed by atoms with Crippen molar-refractivity contribution in [2.24, 2.45) is 0 Å². The second-order valence-corrected chi connectivity index (χ2v) is 8.48. The SMILES string of the molecule is Fc1cccc(-c2nc(CN3CCCN(c4cccc5cccnc45)CC3)cs2)c1. The number of para-hydroxylation sites is 1. The van der Waals surface area contributed by atoms with Crippen LogP contribution in [-0.4, -0.2) is 41.0 Å². The number of halogens is 1. The summed E-state index contributed by atoms with van der Waals surface area (Å²) in [4.78, 5) is 14.3. The summed E-state index contributed by atoms with van der Waals surface area (Å²) in [6, 6.07) is 17.2. The van der Waals surface area contributed by atoms with Crippen LogP contribution in [0, 0.1) is 5.82 Å². The van der Waals surface area contributed by atoms with Crippen molar-refractivity contribution in [1.29, 1.82) is 0 Å². The van der Waals surface area contributed by atoms with Crippen molar-refractivity contribution in [3.05, 3.63) is 77.7 Å². The van der Waals surface area contributed by atoms with Crippen LogP contribution in [-0.2, 0) is 6.54 Å². The van der Waals surface area contributed by atoms with Crippen LogP contribution in [0.4, 0.5) is 10.1 Å². The molecule has 0 saturated carbocycles. The van der Waals surface area contributed by atoms with Gasteiger partial charge in [-0.05, 0) is 30.7 Å². The third-order valence-electron chi connectivity index (χ3n) is 5.55. The summed E-state index contributed by atoms with van der Waals surface area (Å²) in [5.41, 5.74) is 4.20. The monoisotopic (exact) mass is 418 g/mol. The maximum Gasteiger partial charge on any atom is 0.123 e. The van der Waals surface area contributed by atoms with Crippen molar-refractivity contribution in [2.75, 3.05) is 31.1 Å². The molecule has 0 atom stereocenters. The van der Waals surface area contributed by atoms with Crippen molar-refractivity contribution in [3.8, 4) is 10.6 Å². The molecule has 2 aromatic heterocycles. The standard InChI is InChI=1S/C24H23FN4S/c25-20-8-1-6-19(15-20)24-27-21(17-30-24)16-28-11-4-12-29(14-13-28)22-9-2-5-18-7-3-10-26-23(18)22/h1-3,5-10,15,17H,4,11-14,16H2. The van der Waals surface area contributed by atoms with Crippen LogP contribution >= 0.6 is 11.3 Å². The fraction of sp³-hybridized carbons (Fsp3) is 0.250. The molecule has 30 heavy (non-hydrogen) atoms. The van der Waals surface area contributed by atoms with Gasteiger partial charge in [0.1, 0.15) is 10.8 Å². The highest BCUT2D eigenvalue weighted by molar-refractivity contribution is 7.13. The van der Waals surface area contributed by atoms with Gasteiger partial charge in [0, 0.05) is 55.3 Å². The van der Waals surface area contributed by atoms with Crippen LogP contribution < -0.4 is 4.90 Å². The van der Waals surface area contributed by atoms with Crippen LogP contribution in [0.1, 0.15) is 12.1 Å². The van der Waals surface area contributed by atoms with Crippen LogP contribution in [0.15, 0.2) is 66.2 Å². The third-order valence-corrected chi connectivity index (χ3v) is 6.49. The Labute approximate surface area is 179 Å². The average molecular weight is 419 g/mol. The van der Waals surface area contributed by atoms with Crippen molar-refractivity contribution >= 4 is 27.9 Å². The number of hydrogen-bond donors (Lipinski definition) is 0. The highest BCUT2D eigenvalue weighted by Gasteiger charge is 2.18. The van der Waals surface area contributed by atoms with Crippen LogP contribution in [0.2, 0.25) is 0 Å². The second kappa shape index (κ2) is 8.50. The minimum absolute atomic E-state index is 0.222. The number of thiazole rings is 1. The fourth-order valence-electron chi connectivity index (χ4n) is 4.08. The molecule has 4 nitrogen and oxygen atoms in total. The molecule has 1 aliphatic rings. The van der Waals surface area contributed by atoms with E-state index in [1.165, 1.54) is 17.1 Å². The molecule has 0 N–H and O–H groups in total. The second-order valence-electron chi connectivity index (χ2n) is 7.62. The maximum atomic E-state index is 13.5. The van der Waals surface area contributed by atoms with Crippen LogP contribution in [0.5, 0.6) is 0 Å². The molecule has 5 rings (SSSR count). The molecule has 0 radical (unpaired) electrons. The topological polar surface area (TPSA) is 32.3 Å². The predicted molar refractivity (Wildman–Crippen MR) is 121 cm³/mol. The zero-order valence-corrected chi connectivity index (χ0v) is 17.5. The Hall–Kier alpha value is -2.83. The van der Waals surface area contributed by atoms with Gasteiger partial charge in [0.2, 0.25) is 0 Å². The first-order chi connectivity index (χ1) is 14.8. The molecule has 4 aromatic rings. The molecule has 1 fully saturated rings. The van der Waals surface area contributed by atoms with E-state index in [1.54, 1.807) is 23.5 Å². The van der Waals surface area contributed by atoms with E-state index in [-0.39, 0.29) is 5.82 Å². The molecule has 3 heterocycles. The minimum Gasteiger partial charge on any atom is -0.368 e. The van der Waals surface area contributed by atoms with Gasteiger partial charge in [0.25, 0.3) is 0 Å². The first-order valence-corrected chi connectivity index (χ1v) is 11.2. The van der Waals surface area contributed by atoms with E-state index < -0.39 is 0 Å². The number of benzene rings is 2. The Morgan fingerprint density at radius 2 is 1.87 bits per heavy atom. The van der Waals surface area contributed by atoms with E-state index in [9.17, 15) is 4.39 Å². The van der Waals surface area contributed by atoms with E-state index in [0.717, 1.165) is 60.9 Å². The zero-order chi connectivity index (χ0) is 20.3. The zero-order valence-electron chi connectivity index (χ0n) is 16.7. The number of hydrogen-bond acceptors (Lipinski definition) is 5. The molecule has 2 aromatic carbocycles. The molecule has 0 amide bonds. The van der Waals surface area contributed by atoms with Gasteiger partial charge in [-0.15, -0.1) is 11.3 Å². The Bertz CT molecular complexity index is 1150. The third kappa shape index (κ3) is 4.06. The van der Waals surface area contributed by atoms with E-state index >= 15 is 0 Å². The molecule has 152 valence electrons. The maximum absolute atomic E-state index is 13.5. The van der Waals surface area contributed by atoms with Gasteiger partial charge in [-0.2, -0.15) is 0 Å². The Kier molecular flexibility index (Phi) is 5.43. The van der Waals surface area contributed by atoms with Gasteiger partial charge < -0.3 is 4.90 Å². The van der Waals surface area contributed by atoms with Crippen molar-refractivity contribution < 1.29 is 4.39 Å². The summed E-state index contributed by atoms with van der Waals surface area (Å²) < 4.78 is 13.5. The average Bonchev–Trinajstić information content (AvgIpc) is 3.12. The molecular weight excluding hydrogens is 395 g/mol. The van der Waals surface area contributed by atoms with E-state index in [1.807, 2.05) is 18.3 Å². The number of aromatic nitrogens is 2. The van der Waals surface area contributed by atoms with Crippen LogP contribution in [0.25, 0.3) is 21.5 Å². The number of nitrogens with zero attached hydrogens (tertiary/aromatic N) is 4. The summed E-state index contributed by atoms with van der Waals surface area (Å²) in [5, 5.41) is 4.16. The number of anilines is 1. The molecule has 1 aliphatic heterocycles. The number of fused-ring (bicyclic) bond motifs is 1. The van der Waals surface area contributed by atoms with Gasteiger partial charge >= 0.3 is 0 Å². The quantitative estimate of drug-likeness (QED) is 0.455. The minimum atomic E-state index is -0.222. The smallest absolute Gasteiger partial charge is 0.123 e.